The predicted molar refractivity (Wildman–Crippen MR) is 99.6 cm³/mol. The highest BCUT2D eigenvalue weighted by atomic mass is 19.4. The third-order valence-corrected chi connectivity index (χ3v) is 5.24. The van der Waals surface area contributed by atoms with Crippen LogP contribution in [0.4, 0.5) is 28.9 Å². The lowest BCUT2D eigenvalue weighted by atomic mass is 10.0. The highest BCUT2D eigenvalue weighted by Crippen LogP contribution is 2.33. The van der Waals surface area contributed by atoms with Gasteiger partial charge in [0, 0.05) is 24.0 Å². The molecular formula is C20H19F4N3O3. The Labute approximate surface area is 168 Å². The van der Waals surface area contributed by atoms with Crippen molar-refractivity contribution in [2.24, 2.45) is 5.92 Å². The van der Waals surface area contributed by atoms with Gasteiger partial charge in [0.25, 0.3) is 11.5 Å². The van der Waals surface area contributed by atoms with Crippen LogP contribution in [-0.2, 0) is 22.4 Å². The van der Waals surface area contributed by atoms with Crippen molar-refractivity contribution in [1.29, 1.82) is 0 Å². The Morgan fingerprint density at radius 1 is 1.17 bits per heavy atom. The molecule has 30 heavy (non-hydrogen) atoms. The predicted octanol–water partition coefficient (Wildman–Crippen LogP) is 3.69. The quantitative estimate of drug-likeness (QED) is 0.547. The number of rotatable bonds is 6. The van der Waals surface area contributed by atoms with Crippen LogP contribution in [0.1, 0.15) is 36.4 Å². The molecule has 2 aromatic rings. The summed E-state index contributed by atoms with van der Waals surface area (Å²) in [6.45, 7) is 0.795. The van der Waals surface area contributed by atoms with Crippen LogP contribution in [-0.4, -0.2) is 17.1 Å². The molecule has 1 amide bonds. The fourth-order valence-corrected chi connectivity index (χ4v) is 3.42. The van der Waals surface area contributed by atoms with Gasteiger partial charge in [0.15, 0.2) is 0 Å². The van der Waals surface area contributed by atoms with Gasteiger partial charge in [-0.3, -0.25) is 14.4 Å². The molecule has 160 valence electrons. The number of nitrogens with one attached hydrogen (secondary N) is 2. The van der Waals surface area contributed by atoms with Gasteiger partial charge in [0.05, 0.1) is 23.8 Å². The van der Waals surface area contributed by atoms with Crippen LogP contribution in [0.3, 0.4) is 0 Å². The van der Waals surface area contributed by atoms with E-state index in [0.717, 1.165) is 25.0 Å². The third kappa shape index (κ3) is 4.33. The fourth-order valence-electron chi connectivity index (χ4n) is 3.42. The van der Waals surface area contributed by atoms with E-state index in [9.17, 15) is 27.2 Å². The number of amides is 1. The molecule has 2 N–H and O–H groups in total. The van der Waals surface area contributed by atoms with Gasteiger partial charge in [-0.15, -0.1) is 0 Å². The number of fused-ring (bicyclic) bond motifs is 1. The standard InChI is InChI=1S/C20H19F4N3O3/c21-15-7-12(20(22,23)24)3-4-16(15)25-13-8-17-14(5-6-27(17)18(28)9-13)19(29)26-30-10-11-1-2-11/h3-4,7-9,11,14,25H,1-2,5-6,10H2,(H,26,29). The Balaban J connectivity index is 1.52. The number of aromatic nitrogens is 1. The summed E-state index contributed by atoms with van der Waals surface area (Å²) < 4.78 is 53.7. The Hall–Kier alpha value is -2.88. The van der Waals surface area contributed by atoms with E-state index in [2.05, 4.69) is 10.8 Å². The van der Waals surface area contributed by atoms with E-state index >= 15 is 0 Å². The second kappa shape index (κ2) is 7.75. The summed E-state index contributed by atoms with van der Waals surface area (Å²) in [5, 5.41) is 2.63. The number of anilines is 2. The molecule has 1 unspecified atom stereocenters. The van der Waals surface area contributed by atoms with Crippen LogP contribution >= 0.6 is 0 Å². The monoisotopic (exact) mass is 425 g/mol. The second-order valence-corrected chi connectivity index (χ2v) is 7.54. The maximum atomic E-state index is 14.1. The number of nitrogens with zero attached hydrogens (tertiary/aromatic N) is 1. The molecule has 1 aliphatic heterocycles. The zero-order valence-corrected chi connectivity index (χ0v) is 15.8. The Bertz CT molecular complexity index is 1030. The van der Waals surface area contributed by atoms with Crippen molar-refractivity contribution in [1.82, 2.24) is 10.0 Å². The van der Waals surface area contributed by atoms with E-state index in [4.69, 9.17) is 4.84 Å². The summed E-state index contributed by atoms with van der Waals surface area (Å²) >= 11 is 0. The van der Waals surface area contributed by atoms with Crippen molar-refractivity contribution in [2.45, 2.75) is 37.9 Å². The molecule has 4 rings (SSSR count). The van der Waals surface area contributed by atoms with Gasteiger partial charge >= 0.3 is 6.18 Å². The van der Waals surface area contributed by atoms with E-state index in [0.29, 0.717) is 37.3 Å². The lowest BCUT2D eigenvalue weighted by Crippen LogP contribution is -2.30. The molecule has 2 heterocycles. The number of pyridine rings is 1. The van der Waals surface area contributed by atoms with E-state index in [1.807, 2.05) is 0 Å². The maximum Gasteiger partial charge on any atom is 0.416 e. The van der Waals surface area contributed by atoms with Gasteiger partial charge in [-0.2, -0.15) is 13.2 Å². The summed E-state index contributed by atoms with van der Waals surface area (Å²) in [7, 11) is 0. The lowest BCUT2D eigenvalue weighted by Gasteiger charge is -2.15. The molecule has 10 heteroatoms. The molecular weight excluding hydrogens is 406 g/mol. The van der Waals surface area contributed by atoms with Crippen LogP contribution in [0.25, 0.3) is 0 Å². The highest BCUT2D eigenvalue weighted by Gasteiger charge is 2.32. The number of hydroxylamine groups is 1. The van der Waals surface area contributed by atoms with Crippen LogP contribution in [0.15, 0.2) is 35.1 Å². The first-order chi connectivity index (χ1) is 14.2. The zero-order chi connectivity index (χ0) is 21.5. The molecule has 0 saturated heterocycles. The molecule has 1 fully saturated rings. The summed E-state index contributed by atoms with van der Waals surface area (Å²) in [4.78, 5) is 30.0. The van der Waals surface area contributed by atoms with Crippen molar-refractivity contribution in [3.05, 3.63) is 57.8 Å². The fraction of sp³-hybridized carbons (Fsp3) is 0.400. The SMILES string of the molecule is O=C(NOCC1CC1)C1CCn2c1cc(Nc1ccc(C(F)(F)F)cc1F)cc2=O. The zero-order valence-electron chi connectivity index (χ0n) is 15.8. The van der Waals surface area contributed by atoms with Crippen LogP contribution in [0.5, 0.6) is 0 Å². The summed E-state index contributed by atoms with van der Waals surface area (Å²) in [5.74, 6) is -1.62. The Morgan fingerprint density at radius 2 is 1.93 bits per heavy atom. The summed E-state index contributed by atoms with van der Waals surface area (Å²) in [5.41, 5.74) is 1.32. The minimum absolute atomic E-state index is 0.184. The molecule has 0 spiro atoms. The van der Waals surface area contributed by atoms with E-state index in [1.54, 1.807) is 0 Å². The van der Waals surface area contributed by atoms with E-state index < -0.39 is 29.0 Å². The van der Waals surface area contributed by atoms with Crippen LogP contribution in [0.2, 0.25) is 0 Å². The van der Waals surface area contributed by atoms with Gasteiger partial charge in [-0.1, -0.05) is 0 Å². The minimum Gasteiger partial charge on any atom is -0.353 e. The van der Waals surface area contributed by atoms with E-state index in [-0.39, 0.29) is 17.3 Å². The average Bonchev–Trinajstić information content (AvgIpc) is 3.39. The van der Waals surface area contributed by atoms with E-state index in [1.165, 1.54) is 16.7 Å². The van der Waals surface area contributed by atoms with Gasteiger partial charge in [0.2, 0.25) is 0 Å². The third-order valence-electron chi connectivity index (χ3n) is 5.24. The molecule has 1 atom stereocenters. The summed E-state index contributed by atoms with van der Waals surface area (Å²) in [6.07, 6.45) is -2.10. The van der Waals surface area contributed by atoms with Crippen molar-refractivity contribution in [3.63, 3.8) is 0 Å². The number of hydrogen-bond acceptors (Lipinski definition) is 4. The topological polar surface area (TPSA) is 72.4 Å². The van der Waals surface area contributed by atoms with Crippen molar-refractivity contribution in [3.8, 4) is 0 Å². The van der Waals surface area contributed by atoms with Crippen LogP contribution < -0.4 is 16.4 Å². The number of halogens is 4. The lowest BCUT2D eigenvalue weighted by molar-refractivity contribution is -0.138. The molecule has 1 aromatic carbocycles. The maximum absolute atomic E-state index is 14.1. The molecule has 1 aliphatic carbocycles. The second-order valence-electron chi connectivity index (χ2n) is 7.54. The smallest absolute Gasteiger partial charge is 0.353 e. The average molecular weight is 425 g/mol. The van der Waals surface area contributed by atoms with Gasteiger partial charge in [-0.05, 0) is 49.4 Å². The van der Waals surface area contributed by atoms with Crippen molar-refractivity contribution in [2.75, 3.05) is 11.9 Å². The number of benzene rings is 1. The number of alkyl halides is 3. The van der Waals surface area contributed by atoms with Crippen LogP contribution in [0, 0.1) is 11.7 Å². The molecule has 0 bridgehead atoms. The Morgan fingerprint density at radius 3 is 2.60 bits per heavy atom. The first-order valence-corrected chi connectivity index (χ1v) is 9.52. The van der Waals surface area contributed by atoms with Gasteiger partial charge in [0.1, 0.15) is 5.82 Å². The number of carbonyl (C=O) groups is 1. The molecule has 2 aliphatic rings. The number of carbonyl (C=O) groups excluding carboxylic acids is 1. The summed E-state index contributed by atoms with van der Waals surface area (Å²) in [6, 6.07) is 4.83. The van der Waals surface area contributed by atoms with Gasteiger partial charge in [-0.25, -0.2) is 9.87 Å². The van der Waals surface area contributed by atoms with Crippen molar-refractivity contribution >= 4 is 17.3 Å². The largest absolute Gasteiger partial charge is 0.416 e. The van der Waals surface area contributed by atoms with Gasteiger partial charge < -0.3 is 9.88 Å². The first-order valence-electron chi connectivity index (χ1n) is 9.52. The molecule has 1 aromatic heterocycles. The highest BCUT2D eigenvalue weighted by molar-refractivity contribution is 5.83. The minimum atomic E-state index is -4.66. The molecule has 6 nitrogen and oxygen atoms in total. The first kappa shape index (κ1) is 20.4. The Kier molecular flexibility index (Phi) is 5.27. The number of hydrogen-bond donors (Lipinski definition) is 2. The molecule has 1 saturated carbocycles. The molecule has 0 radical (unpaired) electrons. The van der Waals surface area contributed by atoms with Crippen molar-refractivity contribution < 1.29 is 27.2 Å². The normalized spacial score (nSPS) is 18.2.